The van der Waals surface area contributed by atoms with E-state index in [-0.39, 0.29) is 5.91 Å². The van der Waals surface area contributed by atoms with Gasteiger partial charge < -0.3 is 10.2 Å². The van der Waals surface area contributed by atoms with Crippen molar-refractivity contribution < 1.29 is 4.79 Å². The van der Waals surface area contributed by atoms with Gasteiger partial charge in [-0.25, -0.2) is 0 Å². The van der Waals surface area contributed by atoms with E-state index in [0.29, 0.717) is 12.0 Å². The highest BCUT2D eigenvalue weighted by Crippen LogP contribution is 2.20. The van der Waals surface area contributed by atoms with E-state index in [1.54, 1.807) is 0 Å². The van der Waals surface area contributed by atoms with Gasteiger partial charge >= 0.3 is 0 Å². The Balaban J connectivity index is 1.95. The van der Waals surface area contributed by atoms with Crippen molar-refractivity contribution in [1.82, 2.24) is 10.2 Å². The Morgan fingerprint density at radius 2 is 2.41 bits per heavy atom. The number of hydrogen-bond acceptors (Lipinski definition) is 4. The first-order chi connectivity index (χ1) is 8.06. The number of hydrogen-bond donors (Lipinski definition) is 2. The third kappa shape index (κ3) is 3.24. The smallest absolute Gasteiger partial charge is 0.261 e. The van der Waals surface area contributed by atoms with E-state index in [1.165, 1.54) is 11.3 Å². The molecule has 1 N–H and O–H groups in total. The highest BCUT2D eigenvalue weighted by atomic mass is 32.1. The molecule has 1 aliphatic rings. The summed E-state index contributed by atoms with van der Waals surface area (Å²) in [6.07, 6.45) is 1.03. The van der Waals surface area contributed by atoms with Gasteiger partial charge in [0.1, 0.15) is 0 Å². The maximum atomic E-state index is 12.0. The zero-order valence-electron chi connectivity index (χ0n) is 10.1. The van der Waals surface area contributed by atoms with Crippen LogP contribution in [0.4, 0.5) is 0 Å². The molecule has 2 atom stereocenters. The monoisotopic (exact) mass is 270 g/mol. The Morgan fingerprint density at radius 3 is 3.00 bits per heavy atom. The molecule has 17 heavy (non-hydrogen) atoms. The number of carbonyl (C=O) groups is 1. The molecule has 0 saturated carbocycles. The lowest BCUT2D eigenvalue weighted by Crippen LogP contribution is -2.48. The molecule has 0 aliphatic carbocycles. The number of thiophene rings is 1. The molecule has 5 heteroatoms. The molecule has 0 radical (unpaired) electrons. The van der Waals surface area contributed by atoms with E-state index >= 15 is 0 Å². The largest absolute Gasteiger partial charge is 0.348 e. The molecule has 0 aromatic carbocycles. The second kappa shape index (κ2) is 5.42. The van der Waals surface area contributed by atoms with Crippen molar-refractivity contribution in [3.8, 4) is 0 Å². The number of likely N-dealkylation sites (tertiary alicyclic amines) is 1. The van der Waals surface area contributed by atoms with Crippen molar-refractivity contribution >= 4 is 29.9 Å². The fourth-order valence-corrected chi connectivity index (χ4v) is 3.30. The van der Waals surface area contributed by atoms with Gasteiger partial charge in [-0.3, -0.25) is 4.79 Å². The maximum Gasteiger partial charge on any atom is 0.261 e. The molecule has 2 heterocycles. The first-order valence-electron chi connectivity index (χ1n) is 5.83. The van der Waals surface area contributed by atoms with E-state index in [4.69, 9.17) is 0 Å². The van der Waals surface area contributed by atoms with Crippen LogP contribution in [0.15, 0.2) is 16.3 Å². The molecule has 0 bridgehead atoms. The van der Waals surface area contributed by atoms with E-state index in [0.717, 1.165) is 29.3 Å². The molecule has 1 saturated heterocycles. The Morgan fingerprint density at radius 1 is 1.65 bits per heavy atom. The van der Waals surface area contributed by atoms with Gasteiger partial charge in [0.15, 0.2) is 0 Å². The van der Waals surface area contributed by atoms with Gasteiger partial charge in [-0.1, -0.05) is 6.92 Å². The number of amides is 1. The van der Waals surface area contributed by atoms with Crippen molar-refractivity contribution in [2.45, 2.75) is 24.3 Å². The number of piperidine rings is 1. The summed E-state index contributed by atoms with van der Waals surface area (Å²) >= 11 is 5.67. The molecule has 0 spiro atoms. The van der Waals surface area contributed by atoms with Gasteiger partial charge in [0.25, 0.3) is 5.91 Å². The highest BCUT2D eigenvalue weighted by Gasteiger charge is 2.25. The number of nitrogens with zero attached hydrogens (tertiary/aromatic N) is 1. The third-order valence-corrected chi connectivity index (χ3v) is 4.60. The van der Waals surface area contributed by atoms with Crippen LogP contribution in [0.1, 0.15) is 23.0 Å². The van der Waals surface area contributed by atoms with Crippen molar-refractivity contribution in [2.75, 3.05) is 20.1 Å². The molecule has 1 amide bonds. The zero-order valence-corrected chi connectivity index (χ0v) is 11.9. The Bertz CT molecular complexity index is 405. The van der Waals surface area contributed by atoms with E-state index in [9.17, 15) is 4.79 Å². The minimum absolute atomic E-state index is 0.0386. The fourth-order valence-electron chi connectivity index (χ4n) is 2.25. The van der Waals surface area contributed by atoms with Crippen molar-refractivity contribution in [2.24, 2.45) is 5.92 Å². The lowest BCUT2D eigenvalue weighted by molar-refractivity contribution is 0.0888. The molecule has 94 valence electrons. The predicted octanol–water partition coefficient (Wildman–Crippen LogP) is 2.11. The topological polar surface area (TPSA) is 32.3 Å². The van der Waals surface area contributed by atoms with E-state index < -0.39 is 0 Å². The summed E-state index contributed by atoms with van der Waals surface area (Å²) in [5.41, 5.74) is 0. The number of nitrogens with one attached hydrogen (secondary N) is 1. The van der Waals surface area contributed by atoms with Crippen LogP contribution in [0.25, 0.3) is 0 Å². The zero-order chi connectivity index (χ0) is 12.4. The van der Waals surface area contributed by atoms with Crippen molar-refractivity contribution in [3.63, 3.8) is 0 Å². The summed E-state index contributed by atoms with van der Waals surface area (Å²) < 4.78 is 0. The Labute approximate surface area is 112 Å². The van der Waals surface area contributed by atoms with Gasteiger partial charge in [0.2, 0.25) is 0 Å². The maximum absolute atomic E-state index is 12.0. The first kappa shape index (κ1) is 12.9. The van der Waals surface area contributed by atoms with Gasteiger partial charge in [-0.05, 0) is 32.0 Å². The summed E-state index contributed by atoms with van der Waals surface area (Å²) in [6.45, 7) is 4.30. The first-order valence-corrected chi connectivity index (χ1v) is 7.16. The van der Waals surface area contributed by atoms with Crippen LogP contribution < -0.4 is 5.32 Å². The molecule has 2 unspecified atom stereocenters. The van der Waals surface area contributed by atoms with Crippen LogP contribution in [0.5, 0.6) is 0 Å². The van der Waals surface area contributed by atoms with Crippen LogP contribution in [0, 0.1) is 5.92 Å². The summed E-state index contributed by atoms with van der Waals surface area (Å²) in [5.74, 6) is 0.546. The average Bonchev–Trinajstić information content (AvgIpc) is 2.69. The fraction of sp³-hybridized carbons (Fsp3) is 0.583. The normalized spacial score (nSPS) is 25.8. The van der Waals surface area contributed by atoms with Crippen LogP contribution in [0.3, 0.4) is 0 Å². The van der Waals surface area contributed by atoms with E-state index in [1.807, 2.05) is 11.4 Å². The molecule has 1 aromatic heterocycles. The van der Waals surface area contributed by atoms with Gasteiger partial charge in [-0.2, -0.15) is 0 Å². The summed E-state index contributed by atoms with van der Waals surface area (Å²) in [5, 5.41) is 5.01. The second-order valence-corrected chi connectivity index (χ2v) is 6.20. The van der Waals surface area contributed by atoms with Crippen LogP contribution >= 0.6 is 24.0 Å². The average molecular weight is 270 g/mol. The minimum Gasteiger partial charge on any atom is -0.348 e. The molecule has 1 fully saturated rings. The van der Waals surface area contributed by atoms with Gasteiger partial charge in [0, 0.05) is 22.9 Å². The standard InChI is InChI=1S/C12H18N2OS2/c1-8-6-14(2)4-3-10(8)13-12(15)11-5-9(16)7-17-11/h5,7-8,10,16H,3-4,6H2,1-2H3,(H,13,15). The summed E-state index contributed by atoms with van der Waals surface area (Å²) in [4.78, 5) is 15.9. The lowest BCUT2D eigenvalue weighted by Gasteiger charge is -2.35. The van der Waals surface area contributed by atoms with Gasteiger partial charge in [-0.15, -0.1) is 24.0 Å². The van der Waals surface area contributed by atoms with Crippen molar-refractivity contribution in [1.29, 1.82) is 0 Å². The Kier molecular flexibility index (Phi) is 4.12. The molecule has 3 nitrogen and oxygen atoms in total. The second-order valence-electron chi connectivity index (χ2n) is 4.78. The highest BCUT2D eigenvalue weighted by molar-refractivity contribution is 7.80. The van der Waals surface area contributed by atoms with Crippen LogP contribution in [-0.2, 0) is 0 Å². The number of rotatable bonds is 2. The van der Waals surface area contributed by atoms with Crippen molar-refractivity contribution in [3.05, 3.63) is 16.3 Å². The van der Waals surface area contributed by atoms with Gasteiger partial charge in [0.05, 0.1) is 4.88 Å². The number of thiol groups is 1. The minimum atomic E-state index is 0.0386. The molecule has 1 aliphatic heterocycles. The molecular weight excluding hydrogens is 252 g/mol. The third-order valence-electron chi connectivity index (χ3n) is 3.23. The summed E-state index contributed by atoms with van der Waals surface area (Å²) in [7, 11) is 2.13. The SMILES string of the molecule is CC1CN(C)CCC1NC(=O)c1cc(S)cs1. The number of carbonyl (C=O) groups excluding carboxylic acids is 1. The Hall–Kier alpha value is -0.520. The van der Waals surface area contributed by atoms with E-state index in [2.05, 4.69) is 36.8 Å². The van der Waals surface area contributed by atoms with Crippen LogP contribution in [-0.4, -0.2) is 37.0 Å². The quantitative estimate of drug-likeness (QED) is 0.807. The lowest BCUT2D eigenvalue weighted by atomic mass is 9.94. The molecule has 2 rings (SSSR count). The summed E-state index contributed by atoms with van der Waals surface area (Å²) in [6, 6.07) is 2.12. The van der Waals surface area contributed by atoms with Crippen LogP contribution in [0.2, 0.25) is 0 Å². The predicted molar refractivity (Wildman–Crippen MR) is 74.1 cm³/mol. The molecule has 1 aromatic rings. The molecular formula is C12H18N2OS2.